The van der Waals surface area contributed by atoms with Crippen molar-refractivity contribution < 1.29 is 28.2 Å². The van der Waals surface area contributed by atoms with E-state index in [1.165, 1.54) is 18.2 Å². The molecule has 0 radical (unpaired) electrons. The standard InChI is InChI=1S/C26H27NO7/c1-4-12-27-25(29)20-15-18-8-9-19(16-22(18)34-26(20)30)33-24(28)11-7-17-6-10-21(32-13-5-2)23(14-17)31-3/h6-11,14-16H,4-5,12-13H2,1-3H3,(H,27,29)/b11-7+. The van der Waals surface area contributed by atoms with Crippen LogP contribution in [0.5, 0.6) is 17.2 Å². The molecule has 1 N–H and O–H groups in total. The maximum atomic E-state index is 12.3. The molecule has 0 aliphatic carbocycles. The van der Waals surface area contributed by atoms with E-state index in [1.807, 2.05) is 13.8 Å². The van der Waals surface area contributed by atoms with Crippen LogP contribution in [0.2, 0.25) is 0 Å². The number of esters is 1. The summed E-state index contributed by atoms with van der Waals surface area (Å²) in [6.45, 7) is 4.97. The van der Waals surface area contributed by atoms with Gasteiger partial charge in [0.15, 0.2) is 11.5 Å². The molecule has 0 saturated carbocycles. The number of hydrogen-bond donors (Lipinski definition) is 1. The predicted octanol–water partition coefficient (Wildman–Crippen LogP) is 4.35. The summed E-state index contributed by atoms with van der Waals surface area (Å²) in [6, 6.07) is 11.4. The van der Waals surface area contributed by atoms with Crippen LogP contribution in [0.25, 0.3) is 17.0 Å². The molecule has 8 heteroatoms. The molecular weight excluding hydrogens is 438 g/mol. The molecule has 0 aliphatic rings. The van der Waals surface area contributed by atoms with Gasteiger partial charge in [0.05, 0.1) is 13.7 Å². The van der Waals surface area contributed by atoms with E-state index in [0.29, 0.717) is 30.0 Å². The van der Waals surface area contributed by atoms with Crippen LogP contribution < -0.4 is 25.2 Å². The first-order chi connectivity index (χ1) is 16.4. The molecule has 1 amide bonds. The third-order valence-corrected chi connectivity index (χ3v) is 4.77. The van der Waals surface area contributed by atoms with Gasteiger partial charge >= 0.3 is 11.6 Å². The molecule has 0 unspecified atom stereocenters. The van der Waals surface area contributed by atoms with Gasteiger partial charge in [-0.15, -0.1) is 0 Å². The number of benzene rings is 2. The fourth-order valence-corrected chi connectivity index (χ4v) is 3.08. The largest absolute Gasteiger partial charge is 0.493 e. The topological polar surface area (TPSA) is 104 Å². The summed E-state index contributed by atoms with van der Waals surface area (Å²) in [7, 11) is 1.55. The summed E-state index contributed by atoms with van der Waals surface area (Å²) in [5.41, 5.74) is 0.106. The average Bonchev–Trinajstić information content (AvgIpc) is 2.84. The number of rotatable bonds is 10. The maximum Gasteiger partial charge on any atom is 0.349 e. The molecule has 0 bridgehead atoms. The number of ether oxygens (including phenoxy) is 3. The molecule has 2 aromatic carbocycles. The van der Waals surface area contributed by atoms with Gasteiger partial charge in [-0.3, -0.25) is 4.79 Å². The molecule has 178 valence electrons. The zero-order chi connectivity index (χ0) is 24.5. The van der Waals surface area contributed by atoms with Crippen LogP contribution in [0.15, 0.2) is 57.8 Å². The fraction of sp³-hybridized carbons (Fsp3) is 0.269. The van der Waals surface area contributed by atoms with E-state index in [4.69, 9.17) is 18.6 Å². The minimum absolute atomic E-state index is 0.0739. The minimum atomic E-state index is -0.759. The third kappa shape index (κ3) is 6.25. The minimum Gasteiger partial charge on any atom is -0.493 e. The van der Waals surface area contributed by atoms with Crippen LogP contribution in [0.1, 0.15) is 42.6 Å². The normalized spacial score (nSPS) is 10.9. The van der Waals surface area contributed by atoms with Crippen molar-refractivity contribution in [1.82, 2.24) is 5.32 Å². The van der Waals surface area contributed by atoms with E-state index in [9.17, 15) is 14.4 Å². The Bertz CT molecular complexity index is 1260. The van der Waals surface area contributed by atoms with E-state index >= 15 is 0 Å². The van der Waals surface area contributed by atoms with Crippen molar-refractivity contribution in [2.45, 2.75) is 26.7 Å². The zero-order valence-electron chi connectivity index (χ0n) is 19.4. The summed E-state index contributed by atoms with van der Waals surface area (Å²) in [4.78, 5) is 36.6. The van der Waals surface area contributed by atoms with Crippen molar-refractivity contribution in [1.29, 1.82) is 0 Å². The van der Waals surface area contributed by atoms with Crippen LogP contribution in [-0.4, -0.2) is 32.1 Å². The van der Waals surface area contributed by atoms with Crippen molar-refractivity contribution in [2.24, 2.45) is 0 Å². The zero-order valence-corrected chi connectivity index (χ0v) is 19.4. The highest BCUT2D eigenvalue weighted by Gasteiger charge is 2.14. The van der Waals surface area contributed by atoms with Crippen molar-refractivity contribution in [3.63, 3.8) is 0 Å². The molecule has 8 nitrogen and oxygen atoms in total. The van der Waals surface area contributed by atoms with Gasteiger partial charge in [0, 0.05) is 24.1 Å². The number of methoxy groups -OCH3 is 1. The van der Waals surface area contributed by atoms with Crippen LogP contribution in [0.3, 0.4) is 0 Å². The summed E-state index contributed by atoms with van der Waals surface area (Å²) in [5.74, 6) is 0.306. The maximum absolute atomic E-state index is 12.3. The number of amides is 1. The summed E-state index contributed by atoms with van der Waals surface area (Å²) >= 11 is 0. The lowest BCUT2D eigenvalue weighted by molar-refractivity contribution is -0.128. The second-order valence-corrected chi connectivity index (χ2v) is 7.42. The predicted molar refractivity (Wildman–Crippen MR) is 129 cm³/mol. The highest BCUT2D eigenvalue weighted by Crippen LogP contribution is 2.28. The van der Waals surface area contributed by atoms with Gasteiger partial charge in [0.25, 0.3) is 5.91 Å². The molecular formula is C26H27NO7. The molecule has 0 aliphatic heterocycles. The second-order valence-electron chi connectivity index (χ2n) is 7.42. The molecule has 1 aromatic heterocycles. The molecule has 1 heterocycles. The van der Waals surface area contributed by atoms with Gasteiger partial charge in [0.1, 0.15) is 16.9 Å². The SMILES string of the molecule is CCCNC(=O)c1cc2ccc(OC(=O)/C=C/c3ccc(OCCC)c(OC)c3)cc2oc1=O. The van der Waals surface area contributed by atoms with Gasteiger partial charge in [-0.2, -0.15) is 0 Å². The van der Waals surface area contributed by atoms with Gasteiger partial charge in [-0.05, 0) is 54.8 Å². The third-order valence-electron chi connectivity index (χ3n) is 4.77. The van der Waals surface area contributed by atoms with E-state index in [0.717, 1.165) is 18.4 Å². The van der Waals surface area contributed by atoms with E-state index in [2.05, 4.69) is 5.32 Å². The van der Waals surface area contributed by atoms with Gasteiger partial charge in [-0.1, -0.05) is 19.9 Å². The first kappa shape index (κ1) is 24.6. The molecule has 0 atom stereocenters. The average molecular weight is 466 g/mol. The Hall–Kier alpha value is -4.07. The first-order valence-electron chi connectivity index (χ1n) is 11.0. The smallest absolute Gasteiger partial charge is 0.349 e. The number of nitrogens with one attached hydrogen (secondary N) is 1. The summed E-state index contributed by atoms with van der Waals surface area (Å²) < 4.78 is 21.6. The van der Waals surface area contributed by atoms with E-state index in [1.54, 1.807) is 43.5 Å². The lowest BCUT2D eigenvalue weighted by atomic mass is 10.1. The van der Waals surface area contributed by atoms with Gasteiger partial charge in [-0.25, -0.2) is 9.59 Å². The quantitative estimate of drug-likeness (QED) is 0.205. The molecule has 34 heavy (non-hydrogen) atoms. The van der Waals surface area contributed by atoms with Crippen molar-refractivity contribution in [3.8, 4) is 17.2 Å². The van der Waals surface area contributed by atoms with Crippen LogP contribution in [0.4, 0.5) is 0 Å². The molecule has 0 spiro atoms. The van der Waals surface area contributed by atoms with E-state index < -0.39 is 17.5 Å². The highest BCUT2D eigenvalue weighted by molar-refractivity contribution is 5.97. The number of carbonyl (C=O) groups is 2. The van der Waals surface area contributed by atoms with E-state index in [-0.39, 0.29) is 16.9 Å². The highest BCUT2D eigenvalue weighted by atomic mass is 16.5. The number of carbonyl (C=O) groups excluding carboxylic acids is 2. The first-order valence-corrected chi connectivity index (χ1v) is 11.0. The van der Waals surface area contributed by atoms with Gasteiger partial charge in [0.2, 0.25) is 0 Å². The monoisotopic (exact) mass is 465 g/mol. The Morgan fingerprint density at radius 2 is 1.85 bits per heavy atom. The van der Waals surface area contributed by atoms with Crippen LogP contribution in [0, 0.1) is 0 Å². The lowest BCUT2D eigenvalue weighted by Gasteiger charge is -2.10. The van der Waals surface area contributed by atoms with Crippen molar-refractivity contribution in [2.75, 3.05) is 20.3 Å². The molecule has 0 fully saturated rings. The number of hydrogen-bond acceptors (Lipinski definition) is 7. The Morgan fingerprint density at radius 3 is 2.59 bits per heavy atom. The Kier molecular flexibility index (Phi) is 8.45. The fourth-order valence-electron chi connectivity index (χ4n) is 3.08. The number of fused-ring (bicyclic) bond motifs is 1. The van der Waals surface area contributed by atoms with Crippen LogP contribution >= 0.6 is 0 Å². The van der Waals surface area contributed by atoms with Crippen LogP contribution in [-0.2, 0) is 4.79 Å². The van der Waals surface area contributed by atoms with Crippen molar-refractivity contribution in [3.05, 3.63) is 70.1 Å². The Balaban J connectivity index is 1.71. The van der Waals surface area contributed by atoms with Gasteiger partial charge < -0.3 is 23.9 Å². The summed E-state index contributed by atoms with van der Waals surface area (Å²) in [6.07, 6.45) is 4.50. The lowest BCUT2D eigenvalue weighted by Crippen LogP contribution is -2.28. The Labute approximate surface area is 197 Å². The second kappa shape index (κ2) is 11.7. The molecule has 3 rings (SSSR count). The molecule has 0 saturated heterocycles. The molecule has 3 aromatic rings. The summed E-state index contributed by atoms with van der Waals surface area (Å²) in [5, 5.41) is 3.18. The van der Waals surface area contributed by atoms with Crippen molar-refractivity contribution >= 4 is 28.9 Å². The Morgan fingerprint density at radius 1 is 1.03 bits per heavy atom.